The van der Waals surface area contributed by atoms with Gasteiger partial charge in [-0.15, -0.1) is 0 Å². The predicted molar refractivity (Wildman–Crippen MR) is 74.0 cm³/mol. The second-order valence-corrected chi connectivity index (χ2v) is 5.13. The highest BCUT2D eigenvalue weighted by Gasteiger charge is 2.14. The maximum Gasteiger partial charge on any atom is 0.408 e. The topological polar surface area (TPSA) is 58.6 Å². The van der Waals surface area contributed by atoms with Gasteiger partial charge in [0.1, 0.15) is 11.4 Å². The minimum Gasteiger partial charge on any atom is -0.507 e. The first-order chi connectivity index (χ1) is 8.79. The first-order valence-electron chi connectivity index (χ1n) is 6.04. The van der Waals surface area contributed by atoms with E-state index >= 15 is 0 Å². The van der Waals surface area contributed by atoms with E-state index in [0.29, 0.717) is 5.56 Å². The van der Waals surface area contributed by atoms with Crippen LogP contribution < -0.4 is 5.32 Å². The number of alkyl carbamates (subject to hydrolysis) is 1. The molecule has 1 aromatic carbocycles. The fourth-order valence-electron chi connectivity index (χ4n) is 1.38. The highest BCUT2D eigenvalue weighted by molar-refractivity contribution is 5.68. The summed E-state index contributed by atoms with van der Waals surface area (Å²) in [6, 6.07) is 5.21. The van der Waals surface area contributed by atoms with Crippen LogP contribution in [0.1, 0.15) is 31.9 Å². The minimum atomic E-state index is -0.522. The van der Waals surface area contributed by atoms with Crippen molar-refractivity contribution in [3.05, 3.63) is 29.3 Å². The van der Waals surface area contributed by atoms with Crippen LogP contribution in [-0.2, 0) is 4.74 Å². The smallest absolute Gasteiger partial charge is 0.408 e. The van der Waals surface area contributed by atoms with Crippen molar-refractivity contribution in [1.29, 1.82) is 0 Å². The van der Waals surface area contributed by atoms with Crippen LogP contribution in [0, 0.1) is 18.8 Å². The van der Waals surface area contributed by atoms with E-state index in [1.54, 1.807) is 32.9 Å². The number of rotatable bonds is 1. The lowest BCUT2D eigenvalue weighted by molar-refractivity contribution is 0.0535. The van der Waals surface area contributed by atoms with Crippen molar-refractivity contribution >= 4 is 6.09 Å². The summed E-state index contributed by atoms with van der Waals surface area (Å²) in [7, 11) is 0. The number of aromatic hydroxyl groups is 1. The van der Waals surface area contributed by atoms with E-state index in [-0.39, 0.29) is 12.3 Å². The van der Waals surface area contributed by atoms with E-state index in [9.17, 15) is 9.90 Å². The van der Waals surface area contributed by atoms with Gasteiger partial charge in [0.2, 0.25) is 0 Å². The number of nitrogens with one attached hydrogen (secondary N) is 1. The van der Waals surface area contributed by atoms with Gasteiger partial charge in [0.25, 0.3) is 0 Å². The van der Waals surface area contributed by atoms with Crippen LogP contribution in [0.5, 0.6) is 5.75 Å². The number of ether oxygens (including phenoxy) is 1. The average Bonchev–Trinajstić information content (AvgIpc) is 2.25. The molecule has 4 nitrogen and oxygen atoms in total. The number of hydrogen-bond donors (Lipinski definition) is 2. The molecule has 0 aliphatic carbocycles. The Balaban J connectivity index is 2.55. The van der Waals surface area contributed by atoms with Crippen LogP contribution in [0.2, 0.25) is 0 Å². The van der Waals surface area contributed by atoms with E-state index < -0.39 is 11.7 Å². The van der Waals surface area contributed by atoms with E-state index in [4.69, 9.17) is 4.74 Å². The van der Waals surface area contributed by atoms with Gasteiger partial charge in [-0.3, -0.25) is 0 Å². The molecule has 2 N–H and O–H groups in total. The largest absolute Gasteiger partial charge is 0.507 e. The fourth-order valence-corrected chi connectivity index (χ4v) is 1.38. The molecule has 0 bridgehead atoms. The number of amides is 1. The summed E-state index contributed by atoms with van der Waals surface area (Å²) in [5.74, 6) is 5.75. The number of carbonyl (C=O) groups excluding carboxylic acids is 1. The molecule has 0 aliphatic heterocycles. The van der Waals surface area contributed by atoms with Crippen molar-refractivity contribution in [2.45, 2.75) is 33.3 Å². The average molecular weight is 261 g/mol. The van der Waals surface area contributed by atoms with Crippen molar-refractivity contribution in [2.75, 3.05) is 6.54 Å². The van der Waals surface area contributed by atoms with Gasteiger partial charge in [0.15, 0.2) is 0 Å². The number of carbonyl (C=O) groups is 1. The molecule has 0 aromatic heterocycles. The Labute approximate surface area is 113 Å². The number of phenolic OH excluding ortho intramolecular Hbond substituents is 1. The van der Waals surface area contributed by atoms with Crippen LogP contribution in [-0.4, -0.2) is 23.3 Å². The molecule has 0 fully saturated rings. The van der Waals surface area contributed by atoms with Gasteiger partial charge >= 0.3 is 6.09 Å². The summed E-state index contributed by atoms with van der Waals surface area (Å²) in [6.45, 7) is 7.42. The molecule has 0 aliphatic rings. The molecule has 1 aromatic rings. The molecule has 0 unspecified atom stereocenters. The Hall–Kier alpha value is -2.15. The molecule has 0 radical (unpaired) electrons. The van der Waals surface area contributed by atoms with Crippen molar-refractivity contribution in [3.63, 3.8) is 0 Å². The third-order valence-corrected chi connectivity index (χ3v) is 2.18. The lowest BCUT2D eigenvalue weighted by Gasteiger charge is -2.19. The molecule has 0 heterocycles. The third kappa shape index (κ3) is 5.35. The molecule has 1 rings (SSSR count). The fraction of sp³-hybridized carbons (Fsp3) is 0.400. The Morgan fingerprint density at radius 1 is 1.42 bits per heavy atom. The molecule has 19 heavy (non-hydrogen) atoms. The Morgan fingerprint density at radius 3 is 2.68 bits per heavy atom. The molecule has 4 heteroatoms. The van der Waals surface area contributed by atoms with Crippen LogP contribution in [0.4, 0.5) is 4.79 Å². The minimum absolute atomic E-state index is 0.143. The van der Waals surface area contributed by atoms with E-state index in [1.807, 2.05) is 13.0 Å². The molecule has 0 saturated carbocycles. The summed E-state index contributed by atoms with van der Waals surface area (Å²) in [5, 5.41) is 12.2. The Bertz CT molecular complexity index is 498. The van der Waals surface area contributed by atoms with Crippen LogP contribution in [0.3, 0.4) is 0 Å². The maximum absolute atomic E-state index is 11.4. The zero-order chi connectivity index (χ0) is 14.5. The molecule has 0 saturated heterocycles. The van der Waals surface area contributed by atoms with E-state index in [2.05, 4.69) is 17.2 Å². The van der Waals surface area contributed by atoms with Crippen molar-refractivity contribution in [3.8, 4) is 17.6 Å². The van der Waals surface area contributed by atoms with E-state index in [0.717, 1.165) is 5.56 Å². The summed E-state index contributed by atoms with van der Waals surface area (Å²) >= 11 is 0. The maximum atomic E-state index is 11.4. The van der Waals surface area contributed by atoms with Crippen molar-refractivity contribution in [2.24, 2.45) is 0 Å². The van der Waals surface area contributed by atoms with Crippen LogP contribution in [0.25, 0.3) is 0 Å². The lowest BCUT2D eigenvalue weighted by atomic mass is 10.1. The highest BCUT2D eigenvalue weighted by atomic mass is 16.6. The van der Waals surface area contributed by atoms with Gasteiger partial charge in [-0.05, 0) is 39.3 Å². The van der Waals surface area contributed by atoms with Crippen LogP contribution >= 0.6 is 0 Å². The first-order valence-corrected chi connectivity index (χ1v) is 6.04. The summed E-state index contributed by atoms with van der Waals surface area (Å²) in [5.41, 5.74) is 0.949. The van der Waals surface area contributed by atoms with Gasteiger partial charge in [0.05, 0.1) is 12.1 Å². The number of phenols is 1. The lowest BCUT2D eigenvalue weighted by Crippen LogP contribution is -2.32. The third-order valence-electron chi connectivity index (χ3n) is 2.18. The second-order valence-electron chi connectivity index (χ2n) is 5.13. The zero-order valence-electron chi connectivity index (χ0n) is 11.7. The van der Waals surface area contributed by atoms with Crippen molar-refractivity contribution in [1.82, 2.24) is 5.32 Å². The van der Waals surface area contributed by atoms with Gasteiger partial charge in [-0.2, -0.15) is 0 Å². The van der Waals surface area contributed by atoms with Gasteiger partial charge in [-0.25, -0.2) is 4.79 Å². The standard InChI is InChI=1S/C15H19NO3/c1-11-7-5-9-13(17)12(11)8-6-10-16-14(18)19-15(2,3)4/h5,7,9,17H,10H2,1-4H3,(H,16,18). The molecule has 102 valence electrons. The van der Waals surface area contributed by atoms with Crippen molar-refractivity contribution < 1.29 is 14.6 Å². The van der Waals surface area contributed by atoms with Crippen LogP contribution in [0.15, 0.2) is 18.2 Å². The van der Waals surface area contributed by atoms with Gasteiger partial charge in [0, 0.05) is 0 Å². The number of hydrogen-bond acceptors (Lipinski definition) is 3. The zero-order valence-corrected chi connectivity index (χ0v) is 11.7. The SMILES string of the molecule is Cc1cccc(O)c1C#CCNC(=O)OC(C)(C)C. The Morgan fingerprint density at radius 2 is 2.11 bits per heavy atom. The summed E-state index contributed by atoms with van der Waals surface area (Å²) < 4.78 is 5.07. The quantitative estimate of drug-likeness (QED) is 0.764. The molecule has 1 amide bonds. The summed E-state index contributed by atoms with van der Waals surface area (Å²) in [4.78, 5) is 11.4. The van der Waals surface area contributed by atoms with Gasteiger partial charge < -0.3 is 15.2 Å². The summed E-state index contributed by atoms with van der Waals surface area (Å²) in [6.07, 6.45) is -0.504. The van der Waals surface area contributed by atoms with Gasteiger partial charge in [-0.1, -0.05) is 24.0 Å². The Kier molecular flexibility index (Phi) is 4.82. The highest BCUT2D eigenvalue weighted by Crippen LogP contribution is 2.18. The number of aryl methyl sites for hydroxylation is 1. The molecular weight excluding hydrogens is 242 g/mol. The molecular formula is C15H19NO3. The van der Waals surface area contributed by atoms with E-state index in [1.165, 1.54) is 0 Å². The molecule has 0 spiro atoms. The monoisotopic (exact) mass is 261 g/mol. The first kappa shape index (κ1) is 14.9. The number of benzene rings is 1. The predicted octanol–water partition coefficient (Wildman–Crippen LogP) is 2.58. The second kappa shape index (κ2) is 6.14. The molecule has 0 atom stereocenters. The normalized spacial score (nSPS) is 10.3.